The summed E-state index contributed by atoms with van der Waals surface area (Å²) in [6.07, 6.45) is 1.52. The van der Waals surface area contributed by atoms with Gasteiger partial charge in [-0.15, -0.1) is 0 Å². The topological polar surface area (TPSA) is 120 Å². The van der Waals surface area contributed by atoms with E-state index in [1.807, 2.05) is 0 Å². The first-order valence-electron chi connectivity index (χ1n) is 6.63. The third kappa shape index (κ3) is 3.18. The SMILES string of the molecule is O=C(Cn1c(=O)oc2cc([N+](=O)[O-])ccc21)Nc1ccc(Br)cn1. The normalized spacial score (nSPS) is 10.7. The number of nitrogens with zero attached hydrogens (tertiary/aromatic N) is 3. The molecular formula is C14H9BrN4O5. The number of benzene rings is 1. The fourth-order valence-electron chi connectivity index (χ4n) is 2.09. The van der Waals surface area contributed by atoms with Gasteiger partial charge in [0.15, 0.2) is 5.58 Å². The molecular weight excluding hydrogens is 384 g/mol. The van der Waals surface area contributed by atoms with Crippen molar-refractivity contribution in [3.8, 4) is 0 Å². The smallest absolute Gasteiger partial charge is 0.407 e. The number of oxazole rings is 1. The number of hydrogen-bond donors (Lipinski definition) is 1. The lowest BCUT2D eigenvalue weighted by Gasteiger charge is -2.05. The van der Waals surface area contributed by atoms with Gasteiger partial charge in [-0.05, 0) is 34.1 Å². The van der Waals surface area contributed by atoms with Crippen LogP contribution in [0.15, 0.2) is 50.2 Å². The first-order valence-corrected chi connectivity index (χ1v) is 7.42. The second-order valence-electron chi connectivity index (χ2n) is 4.77. The number of rotatable bonds is 4. The van der Waals surface area contributed by atoms with Gasteiger partial charge in [-0.1, -0.05) is 0 Å². The number of fused-ring (bicyclic) bond motifs is 1. The Bertz CT molecular complexity index is 993. The average Bonchev–Trinajstić information content (AvgIpc) is 2.84. The van der Waals surface area contributed by atoms with Crippen LogP contribution in [-0.4, -0.2) is 20.4 Å². The molecule has 0 aliphatic rings. The van der Waals surface area contributed by atoms with Gasteiger partial charge in [0.2, 0.25) is 5.91 Å². The first-order chi connectivity index (χ1) is 11.4. The minimum absolute atomic E-state index is 0.0452. The highest BCUT2D eigenvalue weighted by atomic mass is 79.9. The van der Waals surface area contributed by atoms with E-state index in [1.165, 1.54) is 18.3 Å². The molecule has 1 amide bonds. The fraction of sp³-hybridized carbons (Fsp3) is 0.0714. The number of carbonyl (C=O) groups excluding carboxylic acids is 1. The maximum Gasteiger partial charge on any atom is 0.420 e. The summed E-state index contributed by atoms with van der Waals surface area (Å²) < 4.78 is 6.81. The molecule has 0 radical (unpaired) electrons. The molecule has 0 fully saturated rings. The van der Waals surface area contributed by atoms with Crippen LogP contribution in [-0.2, 0) is 11.3 Å². The zero-order valence-electron chi connectivity index (χ0n) is 11.9. The molecule has 0 spiro atoms. The maximum atomic E-state index is 12.1. The van der Waals surface area contributed by atoms with Gasteiger partial charge in [0, 0.05) is 16.7 Å². The van der Waals surface area contributed by atoms with Crippen molar-refractivity contribution in [1.82, 2.24) is 9.55 Å². The van der Waals surface area contributed by atoms with Crippen molar-refractivity contribution in [3.63, 3.8) is 0 Å². The molecule has 1 aromatic carbocycles. The van der Waals surface area contributed by atoms with Crippen molar-refractivity contribution < 1.29 is 14.1 Å². The van der Waals surface area contributed by atoms with Crippen LogP contribution < -0.4 is 11.1 Å². The van der Waals surface area contributed by atoms with E-state index in [9.17, 15) is 19.7 Å². The van der Waals surface area contributed by atoms with E-state index >= 15 is 0 Å². The molecule has 2 heterocycles. The molecule has 10 heteroatoms. The Kier molecular flexibility index (Phi) is 4.13. The van der Waals surface area contributed by atoms with Crippen LogP contribution in [0.1, 0.15) is 0 Å². The Morgan fingerprint density at radius 1 is 1.38 bits per heavy atom. The van der Waals surface area contributed by atoms with Crippen molar-refractivity contribution in [3.05, 3.63) is 61.7 Å². The number of nitro benzene ring substituents is 1. The number of carbonyl (C=O) groups is 1. The monoisotopic (exact) mass is 392 g/mol. The van der Waals surface area contributed by atoms with Crippen LogP contribution in [0.3, 0.4) is 0 Å². The Morgan fingerprint density at radius 3 is 2.83 bits per heavy atom. The maximum absolute atomic E-state index is 12.1. The molecule has 0 aliphatic heterocycles. The third-order valence-corrected chi connectivity index (χ3v) is 3.63. The number of halogens is 1. The van der Waals surface area contributed by atoms with E-state index in [0.717, 1.165) is 15.1 Å². The minimum Gasteiger partial charge on any atom is -0.407 e. The van der Waals surface area contributed by atoms with Gasteiger partial charge in [0.25, 0.3) is 5.69 Å². The zero-order valence-corrected chi connectivity index (χ0v) is 13.5. The number of aromatic nitrogens is 2. The summed E-state index contributed by atoms with van der Waals surface area (Å²) in [5.74, 6) is -0.919. The molecule has 3 aromatic rings. The Hall–Kier alpha value is -3.01. The van der Waals surface area contributed by atoms with Crippen molar-refractivity contribution in [2.75, 3.05) is 5.32 Å². The highest BCUT2D eigenvalue weighted by Crippen LogP contribution is 2.20. The summed E-state index contributed by atoms with van der Waals surface area (Å²) in [6, 6.07) is 7.05. The van der Waals surface area contributed by atoms with Crippen LogP contribution in [0, 0.1) is 10.1 Å². The second kappa shape index (κ2) is 6.24. The first kappa shape index (κ1) is 15.9. The number of nitrogens with one attached hydrogen (secondary N) is 1. The molecule has 0 aliphatic carbocycles. The van der Waals surface area contributed by atoms with E-state index in [0.29, 0.717) is 11.3 Å². The lowest BCUT2D eigenvalue weighted by Crippen LogP contribution is -2.25. The average molecular weight is 393 g/mol. The van der Waals surface area contributed by atoms with E-state index in [1.54, 1.807) is 12.1 Å². The zero-order chi connectivity index (χ0) is 17.3. The van der Waals surface area contributed by atoms with Crippen molar-refractivity contribution in [2.45, 2.75) is 6.54 Å². The van der Waals surface area contributed by atoms with E-state index in [-0.39, 0.29) is 17.8 Å². The third-order valence-electron chi connectivity index (χ3n) is 3.16. The van der Waals surface area contributed by atoms with Crippen molar-refractivity contribution in [2.24, 2.45) is 0 Å². The van der Waals surface area contributed by atoms with Gasteiger partial charge < -0.3 is 9.73 Å². The quantitative estimate of drug-likeness (QED) is 0.537. The molecule has 0 bridgehead atoms. The van der Waals surface area contributed by atoms with Gasteiger partial charge in [-0.2, -0.15) is 0 Å². The summed E-state index contributed by atoms with van der Waals surface area (Å²) in [7, 11) is 0. The van der Waals surface area contributed by atoms with Crippen LogP contribution in [0.2, 0.25) is 0 Å². The van der Waals surface area contributed by atoms with Crippen molar-refractivity contribution >= 4 is 44.4 Å². The largest absolute Gasteiger partial charge is 0.420 e. The molecule has 0 atom stereocenters. The van der Waals surface area contributed by atoms with Gasteiger partial charge in [0.05, 0.1) is 16.5 Å². The van der Waals surface area contributed by atoms with Crippen LogP contribution in [0.4, 0.5) is 11.5 Å². The summed E-state index contributed by atoms with van der Waals surface area (Å²) in [4.78, 5) is 38.1. The summed E-state index contributed by atoms with van der Waals surface area (Å²) in [5.41, 5.74) is 0.139. The highest BCUT2D eigenvalue weighted by Gasteiger charge is 2.16. The van der Waals surface area contributed by atoms with Crippen molar-refractivity contribution in [1.29, 1.82) is 0 Å². The number of amides is 1. The summed E-state index contributed by atoms with van der Waals surface area (Å²) in [5, 5.41) is 13.3. The molecule has 0 saturated heterocycles. The molecule has 24 heavy (non-hydrogen) atoms. The number of pyridine rings is 1. The molecule has 9 nitrogen and oxygen atoms in total. The minimum atomic E-state index is -0.774. The van der Waals surface area contributed by atoms with E-state index in [4.69, 9.17) is 4.42 Å². The molecule has 0 saturated carbocycles. The van der Waals surface area contributed by atoms with E-state index < -0.39 is 16.6 Å². The molecule has 1 N–H and O–H groups in total. The number of hydrogen-bond acceptors (Lipinski definition) is 6. The summed E-state index contributed by atoms with van der Waals surface area (Å²) in [6.45, 7) is -0.304. The van der Waals surface area contributed by atoms with E-state index in [2.05, 4.69) is 26.2 Å². The van der Waals surface area contributed by atoms with Crippen LogP contribution in [0.5, 0.6) is 0 Å². The lowest BCUT2D eigenvalue weighted by molar-refractivity contribution is -0.384. The molecule has 0 unspecified atom stereocenters. The molecule has 3 rings (SSSR count). The fourth-order valence-corrected chi connectivity index (χ4v) is 2.33. The lowest BCUT2D eigenvalue weighted by atomic mass is 10.3. The Balaban J connectivity index is 1.85. The second-order valence-corrected chi connectivity index (χ2v) is 5.69. The number of non-ortho nitro benzene ring substituents is 1. The molecule has 2 aromatic heterocycles. The Labute approximate surface area is 142 Å². The van der Waals surface area contributed by atoms with Gasteiger partial charge in [-0.25, -0.2) is 9.78 Å². The van der Waals surface area contributed by atoms with Crippen LogP contribution >= 0.6 is 15.9 Å². The number of anilines is 1. The number of nitro groups is 1. The van der Waals surface area contributed by atoms with Gasteiger partial charge >= 0.3 is 5.76 Å². The summed E-state index contributed by atoms with van der Waals surface area (Å²) >= 11 is 3.23. The van der Waals surface area contributed by atoms with Gasteiger partial charge in [-0.3, -0.25) is 19.5 Å². The van der Waals surface area contributed by atoms with Crippen LogP contribution in [0.25, 0.3) is 11.1 Å². The van der Waals surface area contributed by atoms with Gasteiger partial charge in [0.1, 0.15) is 12.4 Å². The molecule has 122 valence electrons. The predicted molar refractivity (Wildman–Crippen MR) is 87.7 cm³/mol. The Morgan fingerprint density at radius 2 is 2.17 bits per heavy atom. The highest BCUT2D eigenvalue weighted by molar-refractivity contribution is 9.10. The predicted octanol–water partition coefficient (Wildman–Crippen LogP) is 2.30. The standard InChI is InChI=1S/C14H9BrN4O5/c15-8-1-4-12(16-6-8)17-13(20)7-18-10-3-2-9(19(22)23)5-11(10)24-14(18)21/h1-6H,7H2,(H,16,17,20).